The Kier molecular flexibility index (Phi) is 5.28. The first-order chi connectivity index (χ1) is 9.20. The molecule has 2 unspecified atom stereocenters. The topological polar surface area (TPSA) is 15.3 Å². The van der Waals surface area contributed by atoms with Gasteiger partial charge in [0.1, 0.15) is 0 Å². The average molecular weight is 268 g/mol. The van der Waals surface area contributed by atoms with E-state index in [4.69, 9.17) is 0 Å². The fourth-order valence-corrected chi connectivity index (χ4v) is 2.78. The molecule has 1 fully saturated rings. The lowest BCUT2D eigenvalue weighted by Gasteiger charge is -2.40. The van der Waals surface area contributed by atoms with Gasteiger partial charge in [-0.1, -0.05) is 43.7 Å². The third kappa shape index (κ3) is 3.98. The third-order valence-electron chi connectivity index (χ3n) is 3.73. The van der Waals surface area contributed by atoms with E-state index >= 15 is 0 Å². The summed E-state index contributed by atoms with van der Waals surface area (Å²) in [6.45, 7) is 3.44. The van der Waals surface area contributed by atoms with Gasteiger partial charge in [-0.3, -0.25) is 4.90 Å². The molecule has 0 radical (unpaired) electrons. The highest BCUT2D eigenvalue weighted by atomic mass is 19.3. The lowest BCUT2D eigenvalue weighted by Crippen LogP contribution is -2.53. The van der Waals surface area contributed by atoms with Crippen molar-refractivity contribution in [3.8, 4) is 0 Å². The molecule has 4 heteroatoms. The first-order valence-electron chi connectivity index (χ1n) is 7.01. The van der Waals surface area contributed by atoms with Crippen LogP contribution in [0.15, 0.2) is 30.3 Å². The Balaban J connectivity index is 2.03. The number of hydrogen-bond acceptors (Lipinski definition) is 2. The van der Waals surface area contributed by atoms with E-state index in [9.17, 15) is 8.78 Å². The summed E-state index contributed by atoms with van der Waals surface area (Å²) < 4.78 is 25.4. The Hall–Kier alpha value is -1.00. The standard InChI is InChI=1S/C15H22F2N2/c1-2-6-13-9-18-14(10-19(13)11-15(16)17)12-7-4-3-5-8-12/h3-5,7-8,13-15,18H,2,6,9-11H2,1H3. The molecule has 2 atom stereocenters. The van der Waals surface area contributed by atoms with Crippen molar-refractivity contribution in [2.75, 3.05) is 19.6 Å². The molecule has 1 N–H and O–H groups in total. The highest BCUT2D eigenvalue weighted by Crippen LogP contribution is 2.22. The number of halogens is 2. The number of rotatable bonds is 5. The highest BCUT2D eigenvalue weighted by Gasteiger charge is 2.29. The minimum absolute atomic E-state index is 0.115. The average Bonchev–Trinajstić information content (AvgIpc) is 2.41. The molecule has 2 nitrogen and oxygen atoms in total. The van der Waals surface area contributed by atoms with Crippen LogP contribution in [-0.2, 0) is 0 Å². The molecule has 1 aromatic carbocycles. The SMILES string of the molecule is CCCC1CNC(c2ccccc2)CN1CC(F)F. The first kappa shape index (κ1) is 14.4. The van der Waals surface area contributed by atoms with Crippen molar-refractivity contribution in [1.82, 2.24) is 10.2 Å². The summed E-state index contributed by atoms with van der Waals surface area (Å²) in [7, 11) is 0. The molecular weight excluding hydrogens is 246 g/mol. The number of piperazine rings is 1. The van der Waals surface area contributed by atoms with Crippen LogP contribution < -0.4 is 5.32 Å². The van der Waals surface area contributed by atoms with Gasteiger partial charge < -0.3 is 5.32 Å². The van der Waals surface area contributed by atoms with E-state index in [1.54, 1.807) is 0 Å². The van der Waals surface area contributed by atoms with Crippen LogP contribution in [0.4, 0.5) is 8.78 Å². The predicted octanol–water partition coefficient (Wildman–Crippen LogP) is 3.07. The molecule has 0 amide bonds. The van der Waals surface area contributed by atoms with Gasteiger partial charge in [-0.2, -0.15) is 0 Å². The molecule has 1 aliphatic heterocycles. The third-order valence-corrected chi connectivity index (χ3v) is 3.73. The normalized spacial score (nSPS) is 24.8. The molecular formula is C15H22F2N2. The number of nitrogens with one attached hydrogen (secondary N) is 1. The van der Waals surface area contributed by atoms with E-state index < -0.39 is 6.43 Å². The Morgan fingerprint density at radius 1 is 1.32 bits per heavy atom. The van der Waals surface area contributed by atoms with Crippen molar-refractivity contribution >= 4 is 0 Å². The van der Waals surface area contributed by atoms with Gasteiger partial charge in [0, 0.05) is 25.2 Å². The summed E-state index contributed by atoms with van der Waals surface area (Å²) in [6, 6.07) is 10.5. The summed E-state index contributed by atoms with van der Waals surface area (Å²) in [6.07, 6.45) is -0.252. The Morgan fingerprint density at radius 2 is 2.05 bits per heavy atom. The predicted molar refractivity (Wildman–Crippen MR) is 73.5 cm³/mol. The summed E-state index contributed by atoms with van der Waals surface area (Å²) in [5.41, 5.74) is 1.18. The molecule has 0 aliphatic carbocycles. The van der Waals surface area contributed by atoms with Crippen LogP contribution in [0.1, 0.15) is 31.4 Å². The second kappa shape index (κ2) is 6.96. The fraction of sp³-hybridized carbons (Fsp3) is 0.600. The van der Waals surface area contributed by atoms with Crippen molar-refractivity contribution in [2.45, 2.75) is 38.3 Å². The maximum absolute atomic E-state index is 12.7. The summed E-state index contributed by atoms with van der Waals surface area (Å²) in [5, 5.41) is 3.49. The number of nitrogens with zero attached hydrogens (tertiary/aromatic N) is 1. The fourth-order valence-electron chi connectivity index (χ4n) is 2.78. The van der Waals surface area contributed by atoms with Gasteiger partial charge in [0.25, 0.3) is 6.43 Å². The second-order valence-corrected chi connectivity index (χ2v) is 5.16. The molecule has 19 heavy (non-hydrogen) atoms. The molecule has 0 spiro atoms. The molecule has 0 aromatic heterocycles. The van der Waals surface area contributed by atoms with Gasteiger partial charge in [0.05, 0.1) is 6.54 Å². The van der Waals surface area contributed by atoms with Crippen LogP contribution in [-0.4, -0.2) is 37.0 Å². The molecule has 1 aromatic rings. The van der Waals surface area contributed by atoms with Gasteiger partial charge >= 0.3 is 0 Å². The molecule has 1 heterocycles. The smallest absolute Gasteiger partial charge is 0.251 e. The molecule has 2 rings (SSSR count). The van der Waals surface area contributed by atoms with Crippen LogP contribution >= 0.6 is 0 Å². The van der Waals surface area contributed by atoms with Crippen LogP contribution in [0.3, 0.4) is 0 Å². The van der Waals surface area contributed by atoms with Crippen molar-refractivity contribution < 1.29 is 8.78 Å². The first-order valence-corrected chi connectivity index (χ1v) is 7.01. The van der Waals surface area contributed by atoms with E-state index in [0.29, 0.717) is 6.54 Å². The lowest BCUT2D eigenvalue weighted by molar-refractivity contribution is 0.0400. The molecule has 1 saturated heterocycles. The monoisotopic (exact) mass is 268 g/mol. The van der Waals surface area contributed by atoms with Crippen LogP contribution in [0.5, 0.6) is 0 Å². The van der Waals surface area contributed by atoms with Gasteiger partial charge in [-0.25, -0.2) is 8.78 Å². The van der Waals surface area contributed by atoms with E-state index in [-0.39, 0.29) is 18.6 Å². The minimum Gasteiger partial charge on any atom is -0.307 e. The quantitative estimate of drug-likeness (QED) is 0.883. The molecule has 0 saturated carbocycles. The van der Waals surface area contributed by atoms with Crippen molar-refractivity contribution in [3.63, 3.8) is 0 Å². The number of alkyl halides is 2. The van der Waals surface area contributed by atoms with Gasteiger partial charge in [0.2, 0.25) is 0 Å². The van der Waals surface area contributed by atoms with Crippen LogP contribution in [0.25, 0.3) is 0 Å². The molecule has 106 valence electrons. The number of hydrogen-bond donors (Lipinski definition) is 1. The zero-order chi connectivity index (χ0) is 13.7. The summed E-state index contributed by atoms with van der Waals surface area (Å²) in [4.78, 5) is 1.95. The Labute approximate surface area is 113 Å². The van der Waals surface area contributed by atoms with E-state index in [2.05, 4.69) is 24.4 Å². The number of benzene rings is 1. The lowest BCUT2D eigenvalue weighted by atomic mass is 10.00. The maximum atomic E-state index is 12.7. The maximum Gasteiger partial charge on any atom is 0.251 e. The second-order valence-electron chi connectivity index (χ2n) is 5.16. The minimum atomic E-state index is -2.26. The van der Waals surface area contributed by atoms with Gasteiger partial charge in [-0.05, 0) is 12.0 Å². The van der Waals surface area contributed by atoms with Crippen LogP contribution in [0.2, 0.25) is 0 Å². The molecule has 1 aliphatic rings. The van der Waals surface area contributed by atoms with Gasteiger partial charge in [0.15, 0.2) is 0 Å². The van der Waals surface area contributed by atoms with E-state index in [1.807, 2.05) is 23.1 Å². The largest absolute Gasteiger partial charge is 0.307 e. The summed E-state index contributed by atoms with van der Waals surface area (Å²) >= 11 is 0. The van der Waals surface area contributed by atoms with E-state index in [0.717, 1.165) is 19.4 Å². The Morgan fingerprint density at radius 3 is 2.68 bits per heavy atom. The van der Waals surface area contributed by atoms with Crippen molar-refractivity contribution in [3.05, 3.63) is 35.9 Å². The zero-order valence-corrected chi connectivity index (χ0v) is 11.4. The van der Waals surface area contributed by atoms with Crippen LogP contribution in [0, 0.1) is 0 Å². The molecule has 0 bridgehead atoms. The Bertz CT molecular complexity index is 370. The van der Waals surface area contributed by atoms with Crippen molar-refractivity contribution in [1.29, 1.82) is 0 Å². The van der Waals surface area contributed by atoms with Gasteiger partial charge in [-0.15, -0.1) is 0 Å². The zero-order valence-electron chi connectivity index (χ0n) is 11.4. The van der Waals surface area contributed by atoms with E-state index in [1.165, 1.54) is 5.56 Å². The van der Waals surface area contributed by atoms with Crippen molar-refractivity contribution in [2.24, 2.45) is 0 Å². The highest BCUT2D eigenvalue weighted by molar-refractivity contribution is 5.20. The summed E-state index contributed by atoms with van der Waals surface area (Å²) in [5.74, 6) is 0.